The molecule has 0 spiro atoms. The number of piperidine rings is 1. The van der Waals surface area contributed by atoms with Crippen molar-refractivity contribution in [1.29, 1.82) is 0 Å². The van der Waals surface area contributed by atoms with Crippen LogP contribution in [0, 0.1) is 0 Å². The number of alkyl halides is 3. The van der Waals surface area contributed by atoms with Crippen molar-refractivity contribution in [3.8, 4) is 0 Å². The van der Waals surface area contributed by atoms with E-state index in [2.05, 4.69) is 22.1 Å². The minimum atomic E-state index is -4.57. The lowest BCUT2D eigenvalue weighted by Gasteiger charge is -2.34. The number of anilines is 1. The molecule has 0 aliphatic carbocycles. The molecule has 0 atom stereocenters. The Balaban J connectivity index is 1.80. The van der Waals surface area contributed by atoms with E-state index in [4.69, 9.17) is 11.6 Å². The van der Waals surface area contributed by atoms with Crippen LogP contribution in [-0.2, 0) is 6.18 Å². The molecule has 0 radical (unpaired) electrons. The van der Waals surface area contributed by atoms with Gasteiger partial charge in [-0.3, -0.25) is 0 Å². The molecule has 0 saturated carbocycles. The summed E-state index contributed by atoms with van der Waals surface area (Å²) >= 11 is 5.66. The van der Waals surface area contributed by atoms with E-state index < -0.39 is 16.9 Å². The van der Waals surface area contributed by atoms with E-state index >= 15 is 0 Å². The zero-order valence-corrected chi connectivity index (χ0v) is 13.0. The zero-order valence-electron chi connectivity index (χ0n) is 12.2. The summed E-state index contributed by atoms with van der Waals surface area (Å²) in [7, 11) is 0. The first-order valence-electron chi connectivity index (χ1n) is 7.34. The molecule has 2 heterocycles. The lowest BCUT2D eigenvalue weighted by atomic mass is 9.89. The van der Waals surface area contributed by atoms with Crippen molar-refractivity contribution in [2.75, 3.05) is 18.0 Å². The van der Waals surface area contributed by atoms with Crippen molar-refractivity contribution in [2.45, 2.75) is 24.9 Å². The first kappa shape index (κ1) is 16.1. The van der Waals surface area contributed by atoms with Crippen LogP contribution < -0.4 is 4.90 Å². The van der Waals surface area contributed by atoms with Crippen LogP contribution in [0.1, 0.15) is 29.9 Å². The lowest BCUT2D eigenvalue weighted by molar-refractivity contribution is -0.137. The Morgan fingerprint density at radius 2 is 1.70 bits per heavy atom. The molecule has 7 heteroatoms. The minimum Gasteiger partial charge on any atom is -0.356 e. The predicted octanol–water partition coefficient (Wildman–Crippen LogP) is 4.53. The van der Waals surface area contributed by atoms with Gasteiger partial charge in [-0.15, -0.1) is 0 Å². The second-order valence-electron chi connectivity index (χ2n) is 5.53. The number of rotatable bonds is 2. The van der Waals surface area contributed by atoms with Crippen molar-refractivity contribution in [2.24, 2.45) is 0 Å². The predicted molar refractivity (Wildman–Crippen MR) is 82.7 cm³/mol. The summed E-state index contributed by atoms with van der Waals surface area (Å²) in [5, 5.41) is -0.548. The van der Waals surface area contributed by atoms with Crippen LogP contribution >= 0.6 is 11.6 Å². The normalized spacial score (nSPS) is 16.6. The fraction of sp³-hybridized carbons (Fsp3) is 0.375. The molecule has 1 fully saturated rings. The maximum Gasteiger partial charge on any atom is 0.422 e. The van der Waals surface area contributed by atoms with E-state index in [-0.39, 0.29) is 5.82 Å². The number of aromatic nitrogens is 2. The van der Waals surface area contributed by atoms with Crippen LogP contribution in [0.5, 0.6) is 0 Å². The number of halogens is 4. The molecular weight excluding hydrogens is 327 g/mol. The van der Waals surface area contributed by atoms with Gasteiger partial charge >= 0.3 is 6.18 Å². The van der Waals surface area contributed by atoms with Gasteiger partial charge in [0.2, 0.25) is 0 Å². The highest BCUT2D eigenvalue weighted by molar-refractivity contribution is 6.30. The standard InChI is InChI=1S/C16H15ClF3N3/c17-14-13(16(18,19)20)15(22-10-21-14)23-8-6-12(7-9-23)11-4-2-1-3-5-11/h1-5,10,12H,6-9H2. The Bertz CT molecular complexity index is 668. The topological polar surface area (TPSA) is 29.0 Å². The van der Waals surface area contributed by atoms with Gasteiger partial charge in [-0.25, -0.2) is 9.97 Å². The average molecular weight is 342 g/mol. The number of hydrogen-bond donors (Lipinski definition) is 0. The molecule has 0 bridgehead atoms. The van der Waals surface area contributed by atoms with Gasteiger partial charge in [-0.1, -0.05) is 41.9 Å². The summed E-state index contributed by atoms with van der Waals surface area (Å²) < 4.78 is 39.6. The van der Waals surface area contributed by atoms with E-state index in [1.54, 1.807) is 4.90 Å². The minimum absolute atomic E-state index is 0.121. The van der Waals surface area contributed by atoms with E-state index in [9.17, 15) is 13.2 Å². The SMILES string of the molecule is FC(F)(F)c1c(Cl)ncnc1N1CCC(c2ccccc2)CC1. The summed E-state index contributed by atoms with van der Waals surface area (Å²) in [5.74, 6) is 0.239. The smallest absolute Gasteiger partial charge is 0.356 e. The highest BCUT2D eigenvalue weighted by Crippen LogP contribution is 2.40. The molecule has 1 aromatic carbocycles. The number of benzene rings is 1. The van der Waals surface area contributed by atoms with Crippen molar-refractivity contribution >= 4 is 17.4 Å². The fourth-order valence-corrected chi connectivity index (χ4v) is 3.22. The molecule has 1 saturated heterocycles. The maximum absolute atomic E-state index is 13.2. The van der Waals surface area contributed by atoms with E-state index in [1.165, 1.54) is 5.56 Å². The van der Waals surface area contributed by atoms with Crippen LogP contribution in [0.15, 0.2) is 36.7 Å². The third-order valence-electron chi connectivity index (χ3n) is 4.13. The molecule has 0 amide bonds. The molecule has 3 rings (SSSR count). The van der Waals surface area contributed by atoms with Crippen LogP contribution in [0.4, 0.5) is 19.0 Å². The summed E-state index contributed by atoms with van der Waals surface area (Å²) in [6.45, 7) is 1.02. The van der Waals surface area contributed by atoms with Crippen molar-refractivity contribution in [1.82, 2.24) is 9.97 Å². The quantitative estimate of drug-likeness (QED) is 0.751. The summed E-state index contributed by atoms with van der Waals surface area (Å²) in [6, 6.07) is 10.0. The molecular formula is C16H15ClF3N3. The van der Waals surface area contributed by atoms with Crippen LogP contribution in [0.25, 0.3) is 0 Å². The van der Waals surface area contributed by atoms with E-state index in [0.29, 0.717) is 19.0 Å². The van der Waals surface area contributed by atoms with Crippen molar-refractivity contribution < 1.29 is 13.2 Å². The van der Waals surface area contributed by atoms with E-state index in [1.807, 2.05) is 18.2 Å². The Morgan fingerprint density at radius 1 is 1.04 bits per heavy atom. The Morgan fingerprint density at radius 3 is 2.30 bits per heavy atom. The van der Waals surface area contributed by atoms with Gasteiger partial charge in [-0.2, -0.15) is 13.2 Å². The average Bonchev–Trinajstić information content (AvgIpc) is 2.54. The Labute approximate surface area is 137 Å². The molecule has 2 aromatic rings. The zero-order chi connectivity index (χ0) is 16.4. The lowest BCUT2D eigenvalue weighted by Crippen LogP contribution is -2.35. The molecule has 0 N–H and O–H groups in total. The summed E-state index contributed by atoms with van der Waals surface area (Å²) in [4.78, 5) is 8.96. The third kappa shape index (κ3) is 3.42. The van der Waals surface area contributed by atoms with Crippen LogP contribution in [0.3, 0.4) is 0 Å². The third-order valence-corrected chi connectivity index (χ3v) is 4.42. The van der Waals surface area contributed by atoms with Gasteiger partial charge in [0.15, 0.2) is 0 Å². The largest absolute Gasteiger partial charge is 0.422 e. The van der Waals surface area contributed by atoms with Gasteiger partial charge in [0.05, 0.1) is 0 Å². The first-order valence-corrected chi connectivity index (χ1v) is 7.72. The Kier molecular flexibility index (Phi) is 4.43. The van der Waals surface area contributed by atoms with Gasteiger partial charge < -0.3 is 4.90 Å². The van der Waals surface area contributed by atoms with Gasteiger partial charge in [0, 0.05) is 13.1 Å². The monoisotopic (exact) mass is 341 g/mol. The van der Waals surface area contributed by atoms with Gasteiger partial charge in [0.25, 0.3) is 0 Å². The summed E-state index contributed by atoms with van der Waals surface area (Å²) in [6.07, 6.45) is -1.92. The number of nitrogens with zero attached hydrogens (tertiary/aromatic N) is 3. The maximum atomic E-state index is 13.2. The highest BCUT2D eigenvalue weighted by atomic mass is 35.5. The van der Waals surface area contributed by atoms with Gasteiger partial charge in [0.1, 0.15) is 22.9 Å². The van der Waals surface area contributed by atoms with Gasteiger partial charge in [-0.05, 0) is 24.3 Å². The highest BCUT2D eigenvalue weighted by Gasteiger charge is 2.39. The molecule has 1 aromatic heterocycles. The molecule has 1 aliphatic heterocycles. The molecule has 23 heavy (non-hydrogen) atoms. The first-order chi connectivity index (χ1) is 11.0. The van der Waals surface area contributed by atoms with E-state index in [0.717, 1.165) is 19.2 Å². The van der Waals surface area contributed by atoms with Crippen LogP contribution in [-0.4, -0.2) is 23.1 Å². The number of hydrogen-bond acceptors (Lipinski definition) is 3. The fourth-order valence-electron chi connectivity index (χ4n) is 2.99. The molecule has 3 nitrogen and oxygen atoms in total. The molecule has 122 valence electrons. The Hall–Kier alpha value is -1.82. The van der Waals surface area contributed by atoms with Crippen LogP contribution in [0.2, 0.25) is 5.15 Å². The van der Waals surface area contributed by atoms with Crippen molar-refractivity contribution in [3.05, 3.63) is 52.9 Å². The molecule has 0 unspecified atom stereocenters. The second-order valence-corrected chi connectivity index (χ2v) is 5.89. The summed E-state index contributed by atoms with van der Waals surface area (Å²) in [5.41, 5.74) is 0.281. The van der Waals surface area contributed by atoms with Crippen molar-refractivity contribution in [3.63, 3.8) is 0 Å². The molecule has 1 aliphatic rings. The second kappa shape index (κ2) is 6.35.